The molecule has 122 valence electrons. The number of hydrogen-bond acceptors (Lipinski definition) is 4. The van der Waals surface area contributed by atoms with Gasteiger partial charge in [-0.1, -0.05) is 66.0 Å². The third kappa shape index (κ3) is 3.51. The second kappa shape index (κ2) is 7.36. The number of rotatable bonds is 5. The van der Waals surface area contributed by atoms with E-state index in [1.807, 2.05) is 32.2 Å². The first-order valence-electron chi connectivity index (χ1n) is 7.90. The van der Waals surface area contributed by atoms with Crippen molar-refractivity contribution in [3.05, 3.63) is 70.7 Å². The highest BCUT2D eigenvalue weighted by Crippen LogP contribution is 2.20. The van der Waals surface area contributed by atoms with Crippen LogP contribution in [0.4, 0.5) is 0 Å². The van der Waals surface area contributed by atoms with E-state index in [2.05, 4.69) is 46.0 Å². The third-order valence-electron chi connectivity index (χ3n) is 3.91. The number of hydrogen-bond donors (Lipinski definition) is 0. The zero-order valence-corrected chi connectivity index (χ0v) is 14.6. The van der Waals surface area contributed by atoms with Crippen LogP contribution >= 0.6 is 11.5 Å². The third-order valence-corrected chi connectivity index (χ3v) is 4.67. The van der Waals surface area contributed by atoms with Gasteiger partial charge in [0.1, 0.15) is 4.88 Å². The maximum Gasteiger partial charge on any atom is 0.267 e. The Morgan fingerprint density at radius 2 is 1.71 bits per heavy atom. The second-order valence-corrected chi connectivity index (χ2v) is 6.38. The minimum absolute atomic E-state index is 0.0195. The lowest BCUT2D eigenvalue weighted by molar-refractivity contribution is 0.0788. The van der Waals surface area contributed by atoms with E-state index >= 15 is 0 Å². The van der Waals surface area contributed by atoms with Gasteiger partial charge in [0.25, 0.3) is 5.91 Å². The predicted molar refractivity (Wildman–Crippen MR) is 97.0 cm³/mol. The molecule has 0 aliphatic carbocycles. The van der Waals surface area contributed by atoms with Crippen molar-refractivity contribution in [1.82, 2.24) is 14.5 Å². The molecule has 0 radical (unpaired) electrons. The maximum atomic E-state index is 12.5. The van der Waals surface area contributed by atoms with E-state index in [9.17, 15) is 4.79 Å². The number of aromatic nitrogens is 2. The Balaban J connectivity index is 1.71. The summed E-state index contributed by atoms with van der Waals surface area (Å²) in [6.45, 7) is 2.55. The van der Waals surface area contributed by atoms with Gasteiger partial charge in [-0.15, -0.1) is 5.10 Å². The zero-order valence-electron chi connectivity index (χ0n) is 13.8. The van der Waals surface area contributed by atoms with Crippen LogP contribution in [0, 0.1) is 0 Å². The highest BCUT2D eigenvalue weighted by atomic mass is 32.1. The molecule has 0 saturated heterocycles. The van der Waals surface area contributed by atoms with E-state index in [0.717, 1.165) is 17.7 Å². The molecule has 0 atom stereocenters. The molecule has 2 aromatic carbocycles. The Morgan fingerprint density at radius 1 is 1.04 bits per heavy atom. The summed E-state index contributed by atoms with van der Waals surface area (Å²) in [7, 11) is 1.81. The molecule has 0 N–H and O–H groups in total. The van der Waals surface area contributed by atoms with Gasteiger partial charge in [0.15, 0.2) is 0 Å². The summed E-state index contributed by atoms with van der Waals surface area (Å²) in [6.07, 6.45) is 0.719. The van der Waals surface area contributed by atoms with Gasteiger partial charge >= 0.3 is 0 Å². The largest absolute Gasteiger partial charge is 0.337 e. The fraction of sp³-hybridized carbons (Fsp3) is 0.211. The average molecular weight is 337 g/mol. The summed E-state index contributed by atoms with van der Waals surface area (Å²) in [5.41, 5.74) is 4.24. The molecule has 3 rings (SSSR count). The quantitative estimate of drug-likeness (QED) is 0.706. The minimum Gasteiger partial charge on any atom is -0.337 e. The normalized spacial score (nSPS) is 10.6. The fourth-order valence-electron chi connectivity index (χ4n) is 2.55. The van der Waals surface area contributed by atoms with Crippen molar-refractivity contribution in [2.24, 2.45) is 0 Å². The van der Waals surface area contributed by atoms with Crippen molar-refractivity contribution in [3.63, 3.8) is 0 Å². The highest BCUT2D eigenvalue weighted by Gasteiger charge is 2.19. The van der Waals surface area contributed by atoms with Gasteiger partial charge in [0.05, 0.1) is 5.69 Å². The molecule has 1 amide bonds. The van der Waals surface area contributed by atoms with Crippen LogP contribution in [0.2, 0.25) is 0 Å². The van der Waals surface area contributed by atoms with Crippen LogP contribution in [0.25, 0.3) is 11.1 Å². The molecular weight excluding hydrogens is 318 g/mol. The topological polar surface area (TPSA) is 46.1 Å². The van der Waals surface area contributed by atoms with E-state index in [0.29, 0.717) is 11.4 Å². The monoisotopic (exact) mass is 337 g/mol. The fourth-order valence-corrected chi connectivity index (χ4v) is 3.30. The van der Waals surface area contributed by atoms with E-state index in [-0.39, 0.29) is 5.91 Å². The minimum atomic E-state index is -0.0195. The van der Waals surface area contributed by atoms with E-state index in [1.165, 1.54) is 22.7 Å². The van der Waals surface area contributed by atoms with Crippen molar-refractivity contribution in [2.75, 3.05) is 7.05 Å². The van der Waals surface area contributed by atoms with Gasteiger partial charge in [-0.25, -0.2) is 0 Å². The molecular formula is C19H19N3OS. The van der Waals surface area contributed by atoms with Crippen LogP contribution in [-0.4, -0.2) is 27.4 Å². The predicted octanol–water partition coefficient (Wildman–Crippen LogP) is 4.04. The summed E-state index contributed by atoms with van der Waals surface area (Å²) >= 11 is 1.17. The Bertz CT molecular complexity index is 812. The molecule has 0 unspecified atom stereocenters. The second-order valence-electron chi connectivity index (χ2n) is 5.63. The van der Waals surface area contributed by atoms with Crippen molar-refractivity contribution >= 4 is 17.4 Å². The van der Waals surface area contributed by atoms with Gasteiger partial charge < -0.3 is 4.90 Å². The van der Waals surface area contributed by atoms with E-state index in [1.54, 1.807) is 4.90 Å². The summed E-state index contributed by atoms with van der Waals surface area (Å²) in [6, 6.07) is 18.6. The first-order valence-corrected chi connectivity index (χ1v) is 8.67. The molecule has 0 aliphatic rings. The summed E-state index contributed by atoms with van der Waals surface area (Å²) in [5, 5.41) is 4.01. The van der Waals surface area contributed by atoms with Crippen LogP contribution in [-0.2, 0) is 13.0 Å². The first kappa shape index (κ1) is 16.3. The SMILES string of the molecule is CCc1nnsc1C(=O)N(C)Cc1ccc(-c2ccccc2)cc1. The molecule has 1 aromatic heterocycles. The van der Waals surface area contributed by atoms with Crippen LogP contribution in [0.1, 0.15) is 27.9 Å². The molecule has 0 bridgehead atoms. The smallest absolute Gasteiger partial charge is 0.267 e. The Morgan fingerprint density at radius 3 is 2.38 bits per heavy atom. The lowest BCUT2D eigenvalue weighted by Gasteiger charge is -2.17. The zero-order chi connectivity index (χ0) is 16.9. The Kier molecular flexibility index (Phi) is 5.01. The van der Waals surface area contributed by atoms with Gasteiger partial charge in [-0.3, -0.25) is 4.79 Å². The lowest BCUT2D eigenvalue weighted by Crippen LogP contribution is -2.26. The molecule has 5 heteroatoms. The summed E-state index contributed by atoms with van der Waals surface area (Å²) < 4.78 is 3.89. The first-order chi connectivity index (χ1) is 11.7. The molecule has 0 fully saturated rings. The molecule has 0 saturated carbocycles. The Hall–Kier alpha value is -2.53. The molecule has 3 aromatic rings. The van der Waals surface area contributed by atoms with Gasteiger partial charge in [0, 0.05) is 13.6 Å². The van der Waals surface area contributed by atoms with Crippen molar-refractivity contribution in [1.29, 1.82) is 0 Å². The van der Waals surface area contributed by atoms with Crippen LogP contribution in [0.15, 0.2) is 54.6 Å². The Labute approximate surface area is 145 Å². The molecule has 0 aliphatic heterocycles. The molecule has 4 nitrogen and oxygen atoms in total. The molecule has 1 heterocycles. The van der Waals surface area contributed by atoms with E-state index in [4.69, 9.17) is 0 Å². The highest BCUT2D eigenvalue weighted by molar-refractivity contribution is 7.07. The standard InChI is InChI=1S/C19H19N3OS/c1-3-17-18(24-21-20-17)19(23)22(2)13-14-9-11-16(12-10-14)15-7-5-4-6-8-15/h4-12H,3,13H2,1-2H3. The van der Waals surface area contributed by atoms with Crippen LogP contribution < -0.4 is 0 Å². The lowest BCUT2D eigenvalue weighted by atomic mass is 10.0. The number of amides is 1. The molecule has 24 heavy (non-hydrogen) atoms. The molecule has 0 spiro atoms. The van der Waals surface area contributed by atoms with Crippen molar-refractivity contribution in [3.8, 4) is 11.1 Å². The van der Waals surface area contributed by atoms with Gasteiger partial charge in [-0.2, -0.15) is 0 Å². The van der Waals surface area contributed by atoms with Gasteiger partial charge in [-0.05, 0) is 34.6 Å². The number of carbonyl (C=O) groups excluding carboxylic acids is 1. The number of aryl methyl sites for hydroxylation is 1. The average Bonchev–Trinajstić information content (AvgIpc) is 3.11. The van der Waals surface area contributed by atoms with Crippen molar-refractivity contribution in [2.45, 2.75) is 19.9 Å². The number of nitrogens with zero attached hydrogens (tertiary/aromatic N) is 3. The van der Waals surface area contributed by atoms with Gasteiger partial charge in [0.2, 0.25) is 0 Å². The summed E-state index contributed by atoms with van der Waals surface area (Å²) in [4.78, 5) is 14.9. The number of carbonyl (C=O) groups is 1. The van der Waals surface area contributed by atoms with Crippen LogP contribution in [0.5, 0.6) is 0 Å². The summed E-state index contributed by atoms with van der Waals surface area (Å²) in [5.74, 6) is -0.0195. The van der Waals surface area contributed by atoms with Crippen LogP contribution in [0.3, 0.4) is 0 Å². The van der Waals surface area contributed by atoms with E-state index < -0.39 is 0 Å². The van der Waals surface area contributed by atoms with Crippen molar-refractivity contribution < 1.29 is 4.79 Å². The maximum absolute atomic E-state index is 12.5. The number of benzene rings is 2.